The fourth-order valence-electron chi connectivity index (χ4n) is 2.87. The van der Waals surface area contributed by atoms with Gasteiger partial charge in [0.2, 0.25) is 0 Å². The van der Waals surface area contributed by atoms with E-state index in [4.69, 9.17) is 0 Å². The molecule has 0 saturated carbocycles. The number of hydrogen-bond acceptors (Lipinski definition) is 3. The number of rotatable bonds is 4. The Morgan fingerprint density at radius 1 is 1.42 bits per heavy atom. The van der Waals surface area contributed by atoms with Crippen molar-refractivity contribution in [2.75, 3.05) is 19.6 Å². The smallest absolute Gasteiger partial charge is 0.110 e. The summed E-state index contributed by atoms with van der Waals surface area (Å²) in [6.07, 6.45) is 4.53. The third-order valence-electron chi connectivity index (χ3n) is 3.90. The molecule has 0 spiro atoms. The summed E-state index contributed by atoms with van der Waals surface area (Å²) in [6.45, 7) is 9.43. The molecule has 1 aliphatic heterocycles. The number of aromatic nitrogens is 2. The van der Waals surface area contributed by atoms with Crippen LogP contribution in [0.5, 0.6) is 0 Å². The van der Waals surface area contributed by atoms with Crippen molar-refractivity contribution in [3.05, 3.63) is 16.4 Å². The van der Waals surface area contributed by atoms with E-state index >= 15 is 0 Å². The summed E-state index contributed by atoms with van der Waals surface area (Å²) in [5.74, 6) is 0. The molecule has 5 heteroatoms. The molecule has 0 amide bonds. The maximum atomic E-state index is 11.0. The van der Waals surface area contributed by atoms with Crippen LogP contribution in [0, 0.1) is 0 Å². The Balaban J connectivity index is 2.20. The van der Waals surface area contributed by atoms with Gasteiger partial charge < -0.3 is 10.0 Å². The zero-order valence-electron chi connectivity index (χ0n) is 12.1. The summed E-state index contributed by atoms with van der Waals surface area (Å²) in [6, 6.07) is 0.263. The third kappa shape index (κ3) is 3.03. The number of likely N-dealkylation sites (tertiary alicyclic amines) is 1. The summed E-state index contributed by atoms with van der Waals surface area (Å²) in [7, 11) is 0. The van der Waals surface area contributed by atoms with Gasteiger partial charge in [0.1, 0.15) is 5.60 Å². The lowest BCUT2D eigenvalue weighted by Gasteiger charge is -2.39. The van der Waals surface area contributed by atoms with Crippen molar-refractivity contribution >= 4 is 15.9 Å². The third-order valence-corrected chi connectivity index (χ3v) is 4.48. The van der Waals surface area contributed by atoms with E-state index in [2.05, 4.69) is 46.7 Å². The standard InChI is InChI=1S/C14H24BrN3O/c1-4-7-17-8-5-14(19,6-9-17)13-12(15)10-16-18(13)11(2)3/h10-11,19H,4-9H2,1-3H3. The van der Waals surface area contributed by atoms with Gasteiger partial charge in [-0.3, -0.25) is 4.68 Å². The molecule has 0 unspecified atom stereocenters. The van der Waals surface area contributed by atoms with E-state index in [1.165, 1.54) is 6.42 Å². The van der Waals surface area contributed by atoms with Crippen molar-refractivity contribution in [2.45, 2.75) is 51.7 Å². The molecule has 1 aromatic rings. The monoisotopic (exact) mass is 329 g/mol. The lowest BCUT2D eigenvalue weighted by atomic mass is 9.87. The minimum Gasteiger partial charge on any atom is -0.383 e. The number of hydrogen-bond donors (Lipinski definition) is 1. The molecular weight excluding hydrogens is 306 g/mol. The van der Waals surface area contributed by atoms with E-state index in [1.807, 2.05) is 4.68 Å². The SMILES string of the molecule is CCCN1CCC(O)(c2c(Br)cnn2C(C)C)CC1. The highest BCUT2D eigenvalue weighted by Gasteiger charge is 2.38. The molecule has 108 valence electrons. The topological polar surface area (TPSA) is 41.3 Å². The maximum absolute atomic E-state index is 11.0. The summed E-state index contributed by atoms with van der Waals surface area (Å²) in [5.41, 5.74) is 0.197. The Kier molecular flexibility index (Phi) is 4.69. The molecule has 0 bridgehead atoms. The molecule has 1 fully saturated rings. The van der Waals surface area contributed by atoms with Crippen molar-refractivity contribution < 1.29 is 5.11 Å². The molecule has 1 aliphatic rings. The molecule has 2 heterocycles. The molecule has 0 aliphatic carbocycles. The minimum absolute atomic E-state index is 0.263. The number of piperidine rings is 1. The van der Waals surface area contributed by atoms with Gasteiger partial charge in [-0.1, -0.05) is 6.92 Å². The van der Waals surface area contributed by atoms with Crippen LogP contribution in [-0.4, -0.2) is 39.4 Å². The molecular formula is C14H24BrN3O. The Morgan fingerprint density at radius 2 is 2.05 bits per heavy atom. The lowest BCUT2D eigenvalue weighted by molar-refractivity contribution is -0.0338. The highest BCUT2D eigenvalue weighted by Crippen LogP contribution is 2.38. The van der Waals surface area contributed by atoms with Gasteiger partial charge in [0, 0.05) is 19.1 Å². The number of halogens is 1. The van der Waals surface area contributed by atoms with Crippen molar-refractivity contribution in [2.24, 2.45) is 0 Å². The van der Waals surface area contributed by atoms with Crippen LogP contribution in [0.3, 0.4) is 0 Å². The summed E-state index contributed by atoms with van der Waals surface area (Å²) in [5, 5.41) is 15.4. The fraction of sp³-hybridized carbons (Fsp3) is 0.786. The lowest BCUT2D eigenvalue weighted by Crippen LogP contribution is -2.44. The first-order chi connectivity index (χ1) is 8.98. The van der Waals surface area contributed by atoms with E-state index < -0.39 is 5.60 Å². The maximum Gasteiger partial charge on any atom is 0.110 e. The second-order valence-corrected chi connectivity index (χ2v) is 6.61. The van der Waals surface area contributed by atoms with Crippen molar-refractivity contribution in [1.82, 2.24) is 14.7 Å². The molecule has 19 heavy (non-hydrogen) atoms. The normalized spacial score (nSPS) is 20.1. The van der Waals surface area contributed by atoms with Crippen LogP contribution < -0.4 is 0 Å². The summed E-state index contributed by atoms with van der Waals surface area (Å²) < 4.78 is 2.87. The second-order valence-electron chi connectivity index (χ2n) is 5.75. The van der Waals surface area contributed by atoms with Crippen LogP contribution in [0.4, 0.5) is 0 Å². The van der Waals surface area contributed by atoms with Gasteiger partial charge >= 0.3 is 0 Å². The fourth-order valence-corrected chi connectivity index (χ4v) is 3.51. The van der Waals surface area contributed by atoms with E-state index in [0.29, 0.717) is 0 Å². The molecule has 2 rings (SSSR count). The quantitative estimate of drug-likeness (QED) is 0.923. The van der Waals surface area contributed by atoms with Crippen LogP contribution in [0.25, 0.3) is 0 Å². The molecule has 0 radical (unpaired) electrons. The molecule has 1 saturated heterocycles. The molecule has 0 aromatic carbocycles. The zero-order chi connectivity index (χ0) is 14.0. The first kappa shape index (κ1) is 15.0. The van der Waals surface area contributed by atoms with Gasteiger partial charge in [-0.15, -0.1) is 0 Å². The number of aliphatic hydroxyl groups is 1. The van der Waals surface area contributed by atoms with E-state index in [9.17, 15) is 5.11 Å². The molecule has 1 aromatic heterocycles. The van der Waals surface area contributed by atoms with Crippen molar-refractivity contribution in [3.63, 3.8) is 0 Å². The average Bonchev–Trinajstić information content (AvgIpc) is 2.76. The van der Waals surface area contributed by atoms with Gasteiger partial charge in [-0.25, -0.2) is 0 Å². The van der Waals surface area contributed by atoms with Crippen LogP contribution >= 0.6 is 15.9 Å². The van der Waals surface area contributed by atoms with Crippen LogP contribution in [-0.2, 0) is 5.60 Å². The van der Waals surface area contributed by atoms with Gasteiger partial charge in [-0.2, -0.15) is 5.10 Å². The van der Waals surface area contributed by atoms with Crippen LogP contribution in [0.1, 0.15) is 51.8 Å². The molecule has 0 atom stereocenters. The van der Waals surface area contributed by atoms with Crippen molar-refractivity contribution in [3.8, 4) is 0 Å². The van der Waals surface area contributed by atoms with E-state index in [1.54, 1.807) is 6.20 Å². The predicted octanol–water partition coefficient (Wildman–Crippen LogP) is 2.92. The summed E-state index contributed by atoms with van der Waals surface area (Å²) in [4.78, 5) is 2.43. The minimum atomic E-state index is -0.746. The zero-order valence-corrected chi connectivity index (χ0v) is 13.7. The Morgan fingerprint density at radius 3 is 2.58 bits per heavy atom. The van der Waals surface area contributed by atoms with Crippen molar-refractivity contribution in [1.29, 1.82) is 0 Å². The van der Waals surface area contributed by atoms with Gasteiger partial charge in [0.05, 0.1) is 16.4 Å². The van der Waals surface area contributed by atoms with Crippen LogP contribution in [0.15, 0.2) is 10.7 Å². The van der Waals surface area contributed by atoms with Gasteiger partial charge in [-0.05, 0) is 55.6 Å². The molecule has 4 nitrogen and oxygen atoms in total. The Hall–Kier alpha value is -0.390. The Labute approximate surface area is 123 Å². The average molecular weight is 330 g/mol. The largest absolute Gasteiger partial charge is 0.383 e. The highest BCUT2D eigenvalue weighted by atomic mass is 79.9. The molecule has 1 N–H and O–H groups in total. The first-order valence-corrected chi connectivity index (χ1v) is 7.95. The Bertz CT molecular complexity index is 422. The van der Waals surface area contributed by atoms with Gasteiger partial charge in [0.15, 0.2) is 0 Å². The summed E-state index contributed by atoms with van der Waals surface area (Å²) >= 11 is 3.55. The predicted molar refractivity (Wildman–Crippen MR) is 80.2 cm³/mol. The van der Waals surface area contributed by atoms with E-state index in [0.717, 1.165) is 42.6 Å². The second kappa shape index (κ2) is 5.94. The van der Waals surface area contributed by atoms with E-state index in [-0.39, 0.29) is 6.04 Å². The first-order valence-electron chi connectivity index (χ1n) is 7.16. The van der Waals surface area contributed by atoms with Crippen LogP contribution in [0.2, 0.25) is 0 Å². The van der Waals surface area contributed by atoms with Gasteiger partial charge in [0.25, 0.3) is 0 Å². The number of nitrogens with zero attached hydrogens (tertiary/aromatic N) is 3. The highest BCUT2D eigenvalue weighted by molar-refractivity contribution is 9.10.